The number of sulfonamides is 1. The van der Waals surface area contributed by atoms with Crippen molar-refractivity contribution in [3.05, 3.63) is 60.2 Å². The number of primary amides is 1. The van der Waals surface area contributed by atoms with E-state index >= 15 is 0 Å². The van der Waals surface area contributed by atoms with Gasteiger partial charge in [-0.15, -0.1) is 11.8 Å². The molecule has 2 rings (SSSR count). The zero-order chi connectivity index (χ0) is 16.9. The molecule has 1 amide bonds. The number of nitrogens with two attached hydrogens (primary N) is 1. The Labute approximate surface area is 140 Å². The zero-order valence-corrected chi connectivity index (χ0v) is 14.3. The molecule has 7 heteroatoms. The van der Waals surface area contributed by atoms with Crippen LogP contribution < -0.4 is 5.73 Å². The second-order valence-corrected chi connectivity index (χ2v) is 8.07. The van der Waals surface area contributed by atoms with Crippen LogP contribution in [0.4, 0.5) is 0 Å². The van der Waals surface area contributed by atoms with E-state index in [1.165, 1.54) is 16.1 Å². The van der Waals surface area contributed by atoms with Crippen molar-refractivity contribution >= 4 is 27.7 Å². The van der Waals surface area contributed by atoms with Gasteiger partial charge in [-0.25, -0.2) is 8.42 Å². The number of amides is 1. The highest BCUT2D eigenvalue weighted by Gasteiger charge is 2.20. The molecular weight excluding hydrogens is 332 g/mol. The van der Waals surface area contributed by atoms with E-state index in [1.54, 1.807) is 31.3 Å². The highest BCUT2D eigenvalue weighted by Crippen LogP contribution is 2.22. The van der Waals surface area contributed by atoms with E-state index in [0.717, 1.165) is 10.5 Å². The highest BCUT2D eigenvalue weighted by atomic mass is 32.2. The average Bonchev–Trinajstić information content (AvgIpc) is 2.54. The summed E-state index contributed by atoms with van der Waals surface area (Å²) in [4.78, 5) is 11.8. The Kier molecular flexibility index (Phi) is 5.81. The lowest BCUT2D eigenvalue weighted by molar-refractivity contribution is -0.115. The lowest BCUT2D eigenvalue weighted by Gasteiger charge is -2.17. The molecule has 122 valence electrons. The molecule has 5 nitrogen and oxygen atoms in total. The second-order valence-electron chi connectivity index (χ2n) is 4.97. The molecule has 23 heavy (non-hydrogen) atoms. The van der Waals surface area contributed by atoms with Gasteiger partial charge in [0.25, 0.3) is 0 Å². The summed E-state index contributed by atoms with van der Waals surface area (Å²) in [6.45, 7) is 0.307. The highest BCUT2D eigenvalue weighted by molar-refractivity contribution is 8.00. The van der Waals surface area contributed by atoms with Gasteiger partial charge in [-0.2, -0.15) is 4.31 Å². The maximum atomic E-state index is 12.6. The molecular formula is C16H18N2O3S2. The first-order chi connectivity index (χ1) is 10.9. The Morgan fingerprint density at radius 2 is 1.70 bits per heavy atom. The maximum absolute atomic E-state index is 12.6. The van der Waals surface area contributed by atoms with Crippen molar-refractivity contribution in [2.75, 3.05) is 12.8 Å². The molecule has 0 aliphatic rings. The first kappa shape index (κ1) is 17.5. The predicted octanol–water partition coefficient (Wildman–Crippen LogP) is 2.08. The summed E-state index contributed by atoms with van der Waals surface area (Å²) in [6.07, 6.45) is 0. The fourth-order valence-electron chi connectivity index (χ4n) is 1.97. The van der Waals surface area contributed by atoms with Crippen LogP contribution in [0.2, 0.25) is 0 Å². The third-order valence-electron chi connectivity index (χ3n) is 3.16. The normalized spacial score (nSPS) is 11.6. The molecule has 2 aromatic carbocycles. The third-order valence-corrected chi connectivity index (χ3v) is 6.01. The maximum Gasteiger partial charge on any atom is 0.243 e. The summed E-state index contributed by atoms with van der Waals surface area (Å²) in [7, 11) is -2.00. The topological polar surface area (TPSA) is 80.5 Å². The van der Waals surface area contributed by atoms with E-state index in [0.29, 0.717) is 6.54 Å². The van der Waals surface area contributed by atoms with Crippen LogP contribution >= 0.6 is 11.8 Å². The SMILES string of the molecule is CN(Cc1ccccc1)S(=O)(=O)c1ccc(SCC(N)=O)cc1. The van der Waals surface area contributed by atoms with Crippen molar-refractivity contribution < 1.29 is 13.2 Å². The van der Waals surface area contributed by atoms with Crippen LogP contribution in [0.25, 0.3) is 0 Å². The van der Waals surface area contributed by atoms with Crippen LogP contribution in [-0.4, -0.2) is 31.4 Å². The van der Waals surface area contributed by atoms with E-state index in [1.807, 2.05) is 30.3 Å². The molecule has 0 aliphatic heterocycles. The Morgan fingerprint density at radius 3 is 2.26 bits per heavy atom. The predicted molar refractivity (Wildman–Crippen MR) is 91.5 cm³/mol. The number of nitrogens with zero attached hydrogens (tertiary/aromatic N) is 1. The average molecular weight is 350 g/mol. The molecule has 0 bridgehead atoms. The summed E-state index contributed by atoms with van der Waals surface area (Å²) in [5, 5.41) is 0. The number of hydrogen-bond donors (Lipinski definition) is 1. The summed E-state index contributed by atoms with van der Waals surface area (Å²) >= 11 is 1.28. The van der Waals surface area contributed by atoms with Gasteiger partial charge in [0.1, 0.15) is 0 Å². The number of thioether (sulfide) groups is 1. The van der Waals surface area contributed by atoms with Crippen LogP contribution in [0.3, 0.4) is 0 Å². The monoisotopic (exact) mass is 350 g/mol. The van der Waals surface area contributed by atoms with Crippen molar-refractivity contribution in [3.8, 4) is 0 Å². The first-order valence-corrected chi connectivity index (χ1v) is 9.33. The van der Waals surface area contributed by atoms with Gasteiger partial charge in [-0.05, 0) is 29.8 Å². The zero-order valence-electron chi connectivity index (χ0n) is 12.7. The van der Waals surface area contributed by atoms with E-state index in [-0.39, 0.29) is 10.6 Å². The lowest BCUT2D eigenvalue weighted by atomic mass is 10.2. The standard InChI is InChI=1S/C16H18N2O3S2/c1-18(11-13-5-3-2-4-6-13)23(20,21)15-9-7-14(8-10-15)22-12-16(17)19/h2-10H,11-12H2,1H3,(H2,17,19). The van der Waals surface area contributed by atoms with Crippen LogP contribution in [0.1, 0.15) is 5.56 Å². The van der Waals surface area contributed by atoms with Gasteiger partial charge in [-0.1, -0.05) is 30.3 Å². The molecule has 0 radical (unpaired) electrons. The molecule has 0 aromatic heterocycles. The van der Waals surface area contributed by atoms with Gasteiger partial charge in [0, 0.05) is 18.5 Å². The molecule has 0 heterocycles. The fraction of sp³-hybridized carbons (Fsp3) is 0.188. The van der Waals surface area contributed by atoms with Crippen molar-refractivity contribution in [2.45, 2.75) is 16.3 Å². The van der Waals surface area contributed by atoms with Gasteiger partial charge in [0.05, 0.1) is 10.6 Å². The van der Waals surface area contributed by atoms with E-state index in [9.17, 15) is 13.2 Å². The first-order valence-electron chi connectivity index (χ1n) is 6.91. The van der Waals surface area contributed by atoms with Crippen molar-refractivity contribution in [2.24, 2.45) is 5.73 Å². The van der Waals surface area contributed by atoms with E-state index in [4.69, 9.17) is 5.73 Å². The summed E-state index contributed by atoms with van der Waals surface area (Å²) in [5.74, 6) is -0.241. The van der Waals surface area contributed by atoms with Crippen LogP contribution in [0, 0.1) is 0 Å². The Hall–Kier alpha value is -1.83. The van der Waals surface area contributed by atoms with Gasteiger partial charge < -0.3 is 5.73 Å². The Bertz CT molecular complexity index is 760. The van der Waals surface area contributed by atoms with Crippen LogP contribution in [0.15, 0.2) is 64.4 Å². The minimum atomic E-state index is -3.55. The van der Waals surface area contributed by atoms with Crippen molar-refractivity contribution in [3.63, 3.8) is 0 Å². The van der Waals surface area contributed by atoms with Crippen LogP contribution in [-0.2, 0) is 21.4 Å². The quantitative estimate of drug-likeness (QED) is 0.775. The smallest absolute Gasteiger partial charge is 0.243 e. The largest absolute Gasteiger partial charge is 0.369 e. The van der Waals surface area contributed by atoms with Gasteiger partial charge in [0.15, 0.2) is 0 Å². The number of rotatable bonds is 7. The molecule has 0 unspecified atom stereocenters. The fourth-order valence-corrected chi connectivity index (χ4v) is 3.76. The summed E-state index contributed by atoms with van der Waals surface area (Å²) in [5.41, 5.74) is 6.01. The van der Waals surface area contributed by atoms with E-state index < -0.39 is 15.9 Å². The summed E-state index contributed by atoms with van der Waals surface area (Å²) < 4.78 is 26.4. The number of carbonyl (C=O) groups excluding carboxylic acids is 1. The van der Waals surface area contributed by atoms with Gasteiger partial charge in [-0.3, -0.25) is 4.79 Å². The number of benzene rings is 2. The number of carbonyl (C=O) groups is 1. The second kappa shape index (κ2) is 7.63. The van der Waals surface area contributed by atoms with Crippen molar-refractivity contribution in [1.29, 1.82) is 0 Å². The van der Waals surface area contributed by atoms with Crippen molar-refractivity contribution in [1.82, 2.24) is 4.31 Å². The Morgan fingerprint density at radius 1 is 1.09 bits per heavy atom. The third kappa shape index (κ3) is 4.82. The minimum Gasteiger partial charge on any atom is -0.369 e. The lowest BCUT2D eigenvalue weighted by Crippen LogP contribution is -2.26. The molecule has 2 aromatic rings. The summed E-state index contributed by atoms with van der Waals surface area (Å²) in [6, 6.07) is 15.8. The number of hydrogen-bond acceptors (Lipinski definition) is 4. The molecule has 0 spiro atoms. The Balaban J connectivity index is 2.10. The molecule has 0 fully saturated rings. The molecule has 0 saturated heterocycles. The molecule has 0 atom stereocenters. The van der Waals surface area contributed by atoms with Crippen LogP contribution in [0.5, 0.6) is 0 Å². The molecule has 0 aliphatic carbocycles. The van der Waals surface area contributed by atoms with Gasteiger partial charge >= 0.3 is 0 Å². The minimum absolute atomic E-state index is 0.167. The van der Waals surface area contributed by atoms with Gasteiger partial charge in [0.2, 0.25) is 15.9 Å². The van der Waals surface area contributed by atoms with E-state index in [2.05, 4.69) is 0 Å². The molecule has 0 saturated carbocycles. The molecule has 2 N–H and O–H groups in total.